The molecule has 0 unspecified atom stereocenters. The van der Waals surface area contributed by atoms with Crippen molar-refractivity contribution < 1.29 is 9.53 Å². The van der Waals surface area contributed by atoms with Crippen molar-refractivity contribution in [2.24, 2.45) is 0 Å². The Labute approximate surface area is 137 Å². The molecule has 0 saturated carbocycles. The van der Waals surface area contributed by atoms with Gasteiger partial charge in [-0.3, -0.25) is 0 Å². The third-order valence-electron chi connectivity index (χ3n) is 3.58. The van der Waals surface area contributed by atoms with Crippen molar-refractivity contribution >= 4 is 11.9 Å². The summed E-state index contributed by atoms with van der Waals surface area (Å²) >= 11 is 0. The standard InChI is InChI=1S/C17H24N4O2/c1-12-7-8-13(10-18)15(19-12)21-9-5-6-14(11-21)20-16(22)23-17(2,3)4/h7-8,14H,5-6,9,11H2,1-4H3,(H,20,22)/t14-/m1/s1. The maximum atomic E-state index is 11.9. The highest BCUT2D eigenvalue weighted by molar-refractivity contribution is 5.68. The molecule has 1 aromatic heterocycles. The number of amides is 1. The molecular formula is C17H24N4O2. The summed E-state index contributed by atoms with van der Waals surface area (Å²) in [7, 11) is 0. The summed E-state index contributed by atoms with van der Waals surface area (Å²) in [4.78, 5) is 18.5. The molecule has 124 valence electrons. The Balaban J connectivity index is 2.06. The van der Waals surface area contributed by atoms with Crippen molar-refractivity contribution in [2.75, 3.05) is 18.0 Å². The Morgan fingerprint density at radius 1 is 1.48 bits per heavy atom. The molecule has 1 aromatic rings. The van der Waals surface area contributed by atoms with Crippen LogP contribution >= 0.6 is 0 Å². The first kappa shape index (κ1) is 17.1. The van der Waals surface area contributed by atoms with Crippen LogP contribution in [0.4, 0.5) is 10.6 Å². The lowest BCUT2D eigenvalue weighted by Crippen LogP contribution is -2.49. The van der Waals surface area contributed by atoms with E-state index in [0.717, 1.165) is 25.1 Å². The van der Waals surface area contributed by atoms with Gasteiger partial charge in [0, 0.05) is 24.8 Å². The van der Waals surface area contributed by atoms with E-state index in [1.165, 1.54) is 0 Å². The smallest absolute Gasteiger partial charge is 0.407 e. The summed E-state index contributed by atoms with van der Waals surface area (Å²) in [5, 5.41) is 12.2. The van der Waals surface area contributed by atoms with E-state index >= 15 is 0 Å². The van der Waals surface area contributed by atoms with Crippen LogP contribution in [0.2, 0.25) is 0 Å². The molecule has 1 N–H and O–H groups in total. The molecule has 1 saturated heterocycles. The number of aromatic nitrogens is 1. The first-order valence-corrected chi connectivity index (χ1v) is 7.91. The number of piperidine rings is 1. The molecule has 0 bridgehead atoms. The number of carbonyl (C=O) groups excluding carboxylic acids is 1. The fourth-order valence-electron chi connectivity index (χ4n) is 2.63. The molecule has 1 amide bonds. The third-order valence-corrected chi connectivity index (χ3v) is 3.58. The lowest BCUT2D eigenvalue weighted by atomic mass is 10.1. The van der Waals surface area contributed by atoms with Crippen molar-refractivity contribution in [1.29, 1.82) is 5.26 Å². The Morgan fingerprint density at radius 2 is 2.22 bits per heavy atom. The number of nitrogens with one attached hydrogen (secondary N) is 1. The Bertz CT molecular complexity index is 616. The zero-order valence-electron chi connectivity index (χ0n) is 14.2. The second kappa shape index (κ2) is 6.86. The van der Waals surface area contributed by atoms with Gasteiger partial charge in [-0.2, -0.15) is 5.26 Å². The Kier molecular flexibility index (Phi) is 5.09. The van der Waals surface area contributed by atoms with Gasteiger partial charge in [-0.25, -0.2) is 9.78 Å². The highest BCUT2D eigenvalue weighted by Crippen LogP contribution is 2.22. The molecule has 1 aliphatic rings. The molecule has 1 aliphatic heterocycles. The number of hydrogen-bond acceptors (Lipinski definition) is 5. The predicted octanol–water partition coefficient (Wildman–Crippen LogP) is 2.76. The van der Waals surface area contributed by atoms with Crippen LogP contribution in [0.3, 0.4) is 0 Å². The number of pyridine rings is 1. The molecule has 23 heavy (non-hydrogen) atoms. The van der Waals surface area contributed by atoms with Gasteiger partial charge >= 0.3 is 6.09 Å². The van der Waals surface area contributed by atoms with E-state index in [2.05, 4.69) is 21.3 Å². The van der Waals surface area contributed by atoms with Gasteiger partial charge in [0.25, 0.3) is 0 Å². The Hall–Kier alpha value is -2.29. The minimum Gasteiger partial charge on any atom is -0.444 e. The number of ether oxygens (including phenoxy) is 1. The van der Waals surface area contributed by atoms with Gasteiger partial charge in [0.05, 0.1) is 5.56 Å². The summed E-state index contributed by atoms with van der Waals surface area (Å²) < 4.78 is 5.31. The van der Waals surface area contributed by atoms with Crippen LogP contribution in [-0.4, -0.2) is 35.8 Å². The van der Waals surface area contributed by atoms with Crippen LogP contribution in [0.1, 0.15) is 44.9 Å². The number of rotatable bonds is 2. The molecular weight excluding hydrogens is 292 g/mol. The minimum absolute atomic E-state index is 0.00699. The van der Waals surface area contributed by atoms with Crippen LogP contribution in [0.25, 0.3) is 0 Å². The SMILES string of the molecule is Cc1ccc(C#N)c(N2CCC[C@@H](NC(=O)OC(C)(C)C)C2)n1. The van der Waals surface area contributed by atoms with Gasteiger partial charge < -0.3 is 15.0 Å². The van der Waals surface area contributed by atoms with E-state index < -0.39 is 11.7 Å². The van der Waals surface area contributed by atoms with E-state index in [-0.39, 0.29) is 6.04 Å². The molecule has 0 radical (unpaired) electrons. The highest BCUT2D eigenvalue weighted by atomic mass is 16.6. The molecule has 2 rings (SSSR count). The lowest BCUT2D eigenvalue weighted by molar-refractivity contribution is 0.0500. The van der Waals surface area contributed by atoms with Crippen LogP contribution in [0.5, 0.6) is 0 Å². The number of hydrogen-bond donors (Lipinski definition) is 1. The van der Waals surface area contributed by atoms with Crippen LogP contribution in [-0.2, 0) is 4.74 Å². The maximum absolute atomic E-state index is 11.9. The normalized spacial score (nSPS) is 18.2. The summed E-state index contributed by atoms with van der Waals surface area (Å²) in [6.07, 6.45) is 1.42. The number of aryl methyl sites for hydroxylation is 1. The molecule has 6 heteroatoms. The van der Waals surface area contributed by atoms with E-state index in [1.807, 2.05) is 33.8 Å². The molecule has 2 heterocycles. The fourth-order valence-corrected chi connectivity index (χ4v) is 2.63. The average Bonchev–Trinajstić information content (AvgIpc) is 2.45. The molecule has 0 spiro atoms. The summed E-state index contributed by atoms with van der Waals surface area (Å²) in [5.74, 6) is 0.697. The Morgan fingerprint density at radius 3 is 2.87 bits per heavy atom. The van der Waals surface area contributed by atoms with E-state index in [1.54, 1.807) is 6.07 Å². The average molecular weight is 316 g/mol. The van der Waals surface area contributed by atoms with Gasteiger partial charge in [0.1, 0.15) is 17.5 Å². The van der Waals surface area contributed by atoms with Crippen molar-refractivity contribution in [1.82, 2.24) is 10.3 Å². The van der Waals surface area contributed by atoms with Gasteiger partial charge in [0.2, 0.25) is 0 Å². The van der Waals surface area contributed by atoms with Crippen molar-refractivity contribution in [3.8, 4) is 6.07 Å². The quantitative estimate of drug-likeness (QED) is 0.907. The number of anilines is 1. The monoisotopic (exact) mass is 316 g/mol. The van der Waals surface area contributed by atoms with Gasteiger partial charge in [-0.05, 0) is 52.7 Å². The summed E-state index contributed by atoms with van der Waals surface area (Å²) in [6.45, 7) is 8.90. The molecule has 1 fully saturated rings. The number of nitriles is 1. The molecule has 0 aliphatic carbocycles. The van der Waals surface area contributed by atoms with E-state index in [9.17, 15) is 10.1 Å². The highest BCUT2D eigenvalue weighted by Gasteiger charge is 2.26. The first-order valence-electron chi connectivity index (χ1n) is 7.91. The van der Waals surface area contributed by atoms with Crippen molar-refractivity contribution in [3.63, 3.8) is 0 Å². The van der Waals surface area contributed by atoms with Gasteiger partial charge in [-0.15, -0.1) is 0 Å². The lowest BCUT2D eigenvalue weighted by Gasteiger charge is -2.34. The number of nitrogens with zero attached hydrogens (tertiary/aromatic N) is 3. The topological polar surface area (TPSA) is 78.2 Å². The van der Waals surface area contributed by atoms with Gasteiger partial charge in [-0.1, -0.05) is 0 Å². The fraction of sp³-hybridized carbons (Fsp3) is 0.588. The number of carbonyl (C=O) groups is 1. The van der Waals surface area contributed by atoms with E-state index in [0.29, 0.717) is 17.9 Å². The molecule has 6 nitrogen and oxygen atoms in total. The zero-order valence-corrected chi connectivity index (χ0v) is 14.2. The largest absolute Gasteiger partial charge is 0.444 e. The molecule has 0 aromatic carbocycles. The summed E-state index contributed by atoms with van der Waals surface area (Å²) in [6, 6.07) is 5.81. The van der Waals surface area contributed by atoms with Crippen LogP contribution < -0.4 is 10.2 Å². The molecule has 1 atom stereocenters. The third kappa shape index (κ3) is 4.85. The first-order chi connectivity index (χ1) is 10.8. The van der Waals surface area contributed by atoms with Gasteiger partial charge in [0.15, 0.2) is 0 Å². The second-order valence-corrected chi connectivity index (χ2v) is 6.87. The number of alkyl carbamates (subject to hydrolysis) is 1. The second-order valence-electron chi connectivity index (χ2n) is 6.87. The zero-order chi connectivity index (χ0) is 17.0. The predicted molar refractivity (Wildman–Crippen MR) is 88.3 cm³/mol. The van der Waals surface area contributed by atoms with E-state index in [4.69, 9.17) is 4.74 Å². The van der Waals surface area contributed by atoms with Crippen molar-refractivity contribution in [3.05, 3.63) is 23.4 Å². The summed E-state index contributed by atoms with van der Waals surface area (Å²) in [5.41, 5.74) is 0.930. The maximum Gasteiger partial charge on any atom is 0.407 e. The van der Waals surface area contributed by atoms with Crippen LogP contribution in [0, 0.1) is 18.3 Å². The van der Waals surface area contributed by atoms with Crippen LogP contribution in [0.15, 0.2) is 12.1 Å². The minimum atomic E-state index is -0.509. The van der Waals surface area contributed by atoms with Crippen molar-refractivity contribution in [2.45, 2.75) is 52.2 Å².